The van der Waals surface area contributed by atoms with Gasteiger partial charge in [-0.1, -0.05) is 46.4 Å². The monoisotopic (exact) mass is 335 g/mol. The zero-order chi connectivity index (χ0) is 14.2. The molecule has 2 aromatic rings. The van der Waals surface area contributed by atoms with Crippen LogP contribution < -0.4 is 0 Å². The lowest BCUT2D eigenvalue weighted by Crippen LogP contribution is -1.89. The first-order chi connectivity index (χ1) is 8.90. The van der Waals surface area contributed by atoms with E-state index in [1.54, 1.807) is 12.1 Å². The number of hydrogen-bond donors (Lipinski definition) is 0. The minimum Gasteiger partial charge on any atom is -0.258 e. The van der Waals surface area contributed by atoms with Crippen LogP contribution in [0.1, 0.15) is 0 Å². The van der Waals surface area contributed by atoms with Crippen LogP contribution in [0.5, 0.6) is 0 Å². The SMILES string of the molecule is O=[N+]([O-])c1ccc(-c2cc(Cl)c(Cl)c(Cl)c2)c(Cl)c1. The van der Waals surface area contributed by atoms with Crippen molar-refractivity contribution < 1.29 is 4.92 Å². The molecule has 98 valence electrons. The Morgan fingerprint density at radius 3 is 1.95 bits per heavy atom. The van der Waals surface area contributed by atoms with Crippen LogP contribution in [0, 0.1) is 10.1 Å². The van der Waals surface area contributed by atoms with Gasteiger partial charge in [0, 0.05) is 17.7 Å². The highest BCUT2D eigenvalue weighted by Gasteiger charge is 2.13. The molecule has 2 aromatic carbocycles. The number of halogens is 4. The zero-order valence-electron chi connectivity index (χ0n) is 9.16. The fraction of sp³-hybridized carbons (Fsp3) is 0. The molecule has 0 fully saturated rings. The highest BCUT2D eigenvalue weighted by atomic mass is 35.5. The molecule has 0 atom stereocenters. The largest absolute Gasteiger partial charge is 0.270 e. The third kappa shape index (κ3) is 2.95. The van der Waals surface area contributed by atoms with Gasteiger partial charge >= 0.3 is 0 Å². The maximum Gasteiger partial charge on any atom is 0.270 e. The predicted molar refractivity (Wildman–Crippen MR) is 78.6 cm³/mol. The second-order valence-corrected chi connectivity index (χ2v) is 5.27. The molecular formula is C12H5Cl4NO2. The molecule has 0 aliphatic carbocycles. The Kier molecular flexibility index (Phi) is 4.21. The van der Waals surface area contributed by atoms with E-state index < -0.39 is 4.92 Å². The molecule has 0 bridgehead atoms. The van der Waals surface area contributed by atoms with Crippen molar-refractivity contribution in [1.29, 1.82) is 0 Å². The Morgan fingerprint density at radius 2 is 1.47 bits per heavy atom. The number of hydrogen-bond acceptors (Lipinski definition) is 2. The number of nitro benzene ring substituents is 1. The van der Waals surface area contributed by atoms with Gasteiger partial charge in [-0.15, -0.1) is 0 Å². The van der Waals surface area contributed by atoms with Crippen molar-refractivity contribution in [2.24, 2.45) is 0 Å². The standard InChI is InChI=1S/C12H5Cl4NO2/c13-9-5-7(17(18)19)1-2-8(9)6-3-10(14)12(16)11(15)4-6/h1-5H. The summed E-state index contributed by atoms with van der Waals surface area (Å²) in [6.07, 6.45) is 0. The Bertz CT molecular complexity index is 650. The molecule has 0 radical (unpaired) electrons. The molecule has 0 aliphatic rings. The van der Waals surface area contributed by atoms with Gasteiger partial charge in [-0.2, -0.15) is 0 Å². The maximum atomic E-state index is 10.6. The molecule has 0 amide bonds. The van der Waals surface area contributed by atoms with E-state index in [9.17, 15) is 10.1 Å². The van der Waals surface area contributed by atoms with E-state index >= 15 is 0 Å². The molecule has 0 N–H and O–H groups in total. The van der Waals surface area contributed by atoms with E-state index in [0.717, 1.165) is 0 Å². The summed E-state index contributed by atoms with van der Waals surface area (Å²) in [5.41, 5.74) is 1.15. The number of nitro groups is 1. The Morgan fingerprint density at radius 1 is 0.895 bits per heavy atom. The van der Waals surface area contributed by atoms with E-state index in [0.29, 0.717) is 21.2 Å². The van der Waals surface area contributed by atoms with Crippen molar-refractivity contribution in [2.45, 2.75) is 0 Å². The summed E-state index contributed by atoms with van der Waals surface area (Å²) in [6, 6.07) is 7.37. The van der Waals surface area contributed by atoms with E-state index in [1.165, 1.54) is 18.2 Å². The Hall–Kier alpha value is -1.000. The molecular weight excluding hydrogens is 332 g/mol. The van der Waals surface area contributed by atoms with Crippen LogP contribution in [-0.2, 0) is 0 Å². The van der Waals surface area contributed by atoms with E-state index in [1.807, 2.05) is 0 Å². The topological polar surface area (TPSA) is 43.1 Å². The molecule has 0 spiro atoms. The van der Waals surface area contributed by atoms with Crippen molar-refractivity contribution in [3.8, 4) is 11.1 Å². The van der Waals surface area contributed by atoms with Crippen LogP contribution >= 0.6 is 46.4 Å². The average Bonchev–Trinajstić information content (AvgIpc) is 2.35. The third-order valence-electron chi connectivity index (χ3n) is 2.46. The summed E-state index contributed by atoms with van der Waals surface area (Å²) in [4.78, 5) is 10.1. The summed E-state index contributed by atoms with van der Waals surface area (Å²) >= 11 is 23.8. The number of non-ortho nitro benzene ring substituents is 1. The van der Waals surface area contributed by atoms with E-state index in [4.69, 9.17) is 46.4 Å². The molecule has 0 aromatic heterocycles. The van der Waals surface area contributed by atoms with Gasteiger partial charge in [0.25, 0.3) is 5.69 Å². The molecule has 2 rings (SSSR count). The van der Waals surface area contributed by atoms with Gasteiger partial charge in [-0.05, 0) is 23.8 Å². The van der Waals surface area contributed by atoms with E-state index in [2.05, 4.69) is 0 Å². The summed E-state index contributed by atoms with van der Waals surface area (Å²) in [7, 11) is 0. The van der Waals surface area contributed by atoms with Crippen molar-refractivity contribution in [2.75, 3.05) is 0 Å². The second-order valence-electron chi connectivity index (χ2n) is 3.68. The summed E-state index contributed by atoms with van der Waals surface area (Å²) in [6.45, 7) is 0. The van der Waals surface area contributed by atoms with Gasteiger partial charge in [0.15, 0.2) is 0 Å². The lowest BCUT2D eigenvalue weighted by Gasteiger charge is -2.07. The smallest absolute Gasteiger partial charge is 0.258 e. The fourth-order valence-corrected chi connectivity index (χ4v) is 2.44. The van der Waals surface area contributed by atoms with Crippen LogP contribution in [0.15, 0.2) is 30.3 Å². The van der Waals surface area contributed by atoms with E-state index in [-0.39, 0.29) is 15.7 Å². The minimum atomic E-state index is -0.516. The van der Waals surface area contributed by atoms with Crippen LogP contribution in [-0.4, -0.2) is 4.92 Å². The average molecular weight is 337 g/mol. The Balaban J connectivity index is 2.56. The molecule has 0 saturated heterocycles. The van der Waals surface area contributed by atoms with Gasteiger partial charge in [-0.3, -0.25) is 10.1 Å². The highest BCUT2D eigenvalue weighted by molar-refractivity contribution is 6.48. The number of benzene rings is 2. The van der Waals surface area contributed by atoms with Crippen molar-refractivity contribution in [3.63, 3.8) is 0 Å². The molecule has 19 heavy (non-hydrogen) atoms. The summed E-state index contributed by atoms with van der Waals surface area (Å²) < 4.78 is 0. The second kappa shape index (κ2) is 5.55. The normalized spacial score (nSPS) is 10.5. The third-order valence-corrected chi connectivity index (χ3v) is 3.97. The first-order valence-corrected chi connectivity index (χ1v) is 6.50. The fourth-order valence-electron chi connectivity index (χ4n) is 1.56. The van der Waals surface area contributed by atoms with Gasteiger partial charge in [0.05, 0.1) is 25.0 Å². The van der Waals surface area contributed by atoms with Crippen LogP contribution in [0.25, 0.3) is 11.1 Å². The van der Waals surface area contributed by atoms with Gasteiger partial charge in [0.2, 0.25) is 0 Å². The number of rotatable bonds is 2. The molecule has 0 aliphatic heterocycles. The quantitative estimate of drug-likeness (QED) is 0.390. The van der Waals surface area contributed by atoms with Gasteiger partial charge < -0.3 is 0 Å². The first-order valence-electron chi connectivity index (χ1n) is 4.99. The summed E-state index contributed by atoms with van der Waals surface area (Å²) in [5.74, 6) is 0. The molecule has 7 heteroatoms. The van der Waals surface area contributed by atoms with Crippen molar-refractivity contribution in [1.82, 2.24) is 0 Å². The first kappa shape index (κ1) is 14.4. The highest BCUT2D eigenvalue weighted by Crippen LogP contribution is 2.38. The Labute approximate surface area is 128 Å². The zero-order valence-corrected chi connectivity index (χ0v) is 12.2. The van der Waals surface area contributed by atoms with Crippen LogP contribution in [0.4, 0.5) is 5.69 Å². The van der Waals surface area contributed by atoms with Crippen LogP contribution in [0.3, 0.4) is 0 Å². The molecule has 0 unspecified atom stereocenters. The minimum absolute atomic E-state index is 0.0834. The lowest BCUT2D eigenvalue weighted by atomic mass is 10.1. The molecule has 0 saturated carbocycles. The summed E-state index contributed by atoms with van der Waals surface area (Å²) in [5, 5.41) is 11.7. The van der Waals surface area contributed by atoms with Crippen LogP contribution in [0.2, 0.25) is 20.1 Å². The van der Waals surface area contributed by atoms with Gasteiger partial charge in [-0.25, -0.2) is 0 Å². The predicted octanol–water partition coefficient (Wildman–Crippen LogP) is 5.88. The number of nitrogens with zero attached hydrogens (tertiary/aromatic N) is 1. The van der Waals surface area contributed by atoms with Crippen molar-refractivity contribution in [3.05, 3.63) is 60.5 Å². The molecule has 0 heterocycles. The lowest BCUT2D eigenvalue weighted by molar-refractivity contribution is -0.384. The molecule has 3 nitrogen and oxygen atoms in total. The van der Waals surface area contributed by atoms with Crippen molar-refractivity contribution >= 4 is 52.1 Å². The maximum absolute atomic E-state index is 10.6. The van der Waals surface area contributed by atoms with Gasteiger partial charge in [0.1, 0.15) is 0 Å².